The van der Waals surface area contributed by atoms with Gasteiger partial charge in [-0.05, 0) is 70.1 Å². The van der Waals surface area contributed by atoms with E-state index in [2.05, 4.69) is 26.5 Å². The molecular formula is C24H35NO3. The van der Waals surface area contributed by atoms with Gasteiger partial charge in [-0.25, -0.2) is 4.79 Å². The Morgan fingerprint density at radius 3 is 2.68 bits per heavy atom. The highest BCUT2D eigenvalue weighted by Crippen LogP contribution is 2.47. The van der Waals surface area contributed by atoms with E-state index < -0.39 is 6.09 Å². The zero-order valence-electron chi connectivity index (χ0n) is 18.0. The maximum Gasteiger partial charge on any atom is 0.414 e. The van der Waals surface area contributed by atoms with Gasteiger partial charge in [-0.2, -0.15) is 0 Å². The number of unbranched alkanes of at least 4 members (excludes halogenated alkanes) is 1. The van der Waals surface area contributed by atoms with Crippen LogP contribution in [0.5, 0.6) is 11.5 Å². The number of phenolic OH excluding ortho intramolecular Hbond substituents is 1. The number of allylic oxidation sites excluding steroid dienone is 3. The van der Waals surface area contributed by atoms with Crippen LogP contribution in [0.25, 0.3) is 0 Å². The maximum absolute atomic E-state index is 12.5. The van der Waals surface area contributed by atoms with Gasteiger partial charge in [-0.1, -0.05) is 37.1 Å². The molecule has 1 amide bonds. The number of hydrogen-bond acceptors (Lipinski definition) is 3. The average Bonchev–Trinajstić information content (AvgIpc) is 2.65. The summed E-state index contributed by atoms with van der Waals surface area (Å²) in [6.45, 7) is 12.9. The number of ether oxygens (including phenoxy) is 1. The Kier molecular flexibility index (Phi) is 7.73. The van der Waals surface area contributed by atoms with Gasteiger partial charge in [0.15, 0.2) is 0 Å². The van der Waals surface area contributed by atoms with Crippen molar-refractivity contribution < 1.29 is 14.6 Å². The molecule has 0 spiro atoms. The van der Waals surface area contributed by atoms with Crippen LogP contribution in [0.15, 0.2) is 35.9 Å². The number of amides is 1. The Labute approximate surface area is 169 Å². The highest BCUT2D eigenvalue weighted by Gasteiger charge is 2.31. The van der Waals surface area contributed by atoms with E-state index in [1.165, 1.54) is 10.5 Å². The van der Waals surface area contributed by atoms with Crippen LogP contribution in [0.1, 0.15) is 70.4 Å². The normalized spacial score (nSPS) is 19.1. The highest BCUT2D eigenvalue weighted by molar-refractivity contribution is 5.72. The number of carbonyl (C=O) groups excluding carboxylic acids is 1. The van der Waals surface area contributed by atoms with Gasteiger partial charge in [0.25, 0.3) is 0 Å². The quantitative estimate of drug-likeness (QED) is 0.568. The lowest BCUT2D eigenvalue weighted by Gasteiger charge is -2.32. The molecule has 2 rings (SSSR count). The summed E-state index contributed by atoms with van der Waals surface area (Å²) in [6, 6.07) is 3.76. The standard InChI is InChI=1S/C24H35NO3/c1-7-9-10-18-14-21(26)23(22(15-18)28-24(27)25(6)8-2)20-13-17(5)11-12-19(20)16(3)4/h13-15,19-20,26H,3,7-12H2,1-2,4-6H3. The van der Waals surface area contributed by atoms with Gasteiger partial charge in [0, 0.05) is 25.1 Å². The van der Waals surface area contributed by atoms with E-state index in [4.69, 9.17) is 4.74 Å². The van der Waals surface area contributed by atoms with Crippen molar-refractivity contribution in [3.8, 4) is 11.5 Å². The molecule has 2 atom stereocenters. The number of aryl methyl sites for hydroxylation is 1. The molecule has 0 bridgehead atoms. The molecule has 1 aliphatic rings. The first-order chi connectivity index (χ1) is 13.3. The molecule has 2 unspecified atom stereocenters. The molecule has 0 aromatic heterocycles. The second-order valence-electron chi connectivity index (χ2n) is 8.04. The lowest BCUT2D eigenvalue weighted by molar-refractivity contribution is 0.164. The number of aromatic hydroxyl groups is 1. The molecule has 1 aromatic carbocycles. The van der Waals surface area contributed by atoms with Crippen molar-refractivity contribution in [2.75, 3.05) is 13.6 Å². The zero-order chi connectivity index (χ0) is 20.8. The number of benzene rings is 1. The fourth-order valence-electron chi connectivity index (χ4n) is 3.82. The molecule has 0 saturated carbocycles. The number of carbonyl (C=O) groups is 1. The Balaban J connectivity index is 2.55. The van der Waals surface area contributed by atoms with Gasteiger partial charge in [0.2, 0.25) is 0 Å². The van der Waals surface area contributed by atoms with Crippen LogP contribution in [-0.2, 0) is 6.42 Å². The number of hydrogen-bond donors (Lipinski definition) is 1. The van der Waals surface area contributed by atoms with Crippen LogP contribution >= 0.6 is 0 Å². The van der Waals surface area contributed by atoms with Gasteiger partial charge >= 0.3 is 6.09 Å². The van der Waals surface area contributed by atoms with Crippen molar-refractivity contribution in [3.63, 3.8) is 0 Å². The minimum Gasteiger partial charge on any atom is -0.507 e. The summed E-state index contributed by atoms with van der Waals surface area (Å²) in [7, 11) is 1.71. The predicted molar refractivity (Wildman–Crippen MR) is 115 cm³/mol. The van der Waals surface area contributed by atoms with Crippen LogP contribution < -0.4 is 4.74 Å². The maximum atomic E-state index is 12.5. The smallest absolute Gasteiger partial charge is 0.414 e. The third-order valence-corrected chi connectivity index (χ3v) is 5.70. The zero-order valence-corrected chi connectivity index (χ0v) is 18.0. The second kappa shape index (κ2) is 9.81. The van der Waals surface area contributed by atoms with E-state index in [1.807, 2.05) is 26.0 Å². The third-order valence-electron chi connectivity index (χ3n) is 5.70. The Morgan fingerprint density at radius 1 is 1.36 bits per heavy atom. The van der Waals surface area contributed by atoms with E-state index in [0.29, 0.717) is 17.9 Å². The van der Waals surface area contributed by atoms with Crippen LogP contribution in [-0.4, -0.2) is 29.7 Å². The molecule has 0 fully saturated rings. The van der Waals surface area contributed by atoms with Crippen molar-refractivity contribution >= 4 is 6.09 Å². The van der Waals surface area contributed by atoms with Crippen LogP contribution in [0, 0.1) is 5.92 Å². The van der Waals surface area contributed by atoms with Crippen molar-refractivity contribution in [1.29, 1.82) is 0 Å². The Morgan fingerprint density at radius 2 is 2.07 bits per heavy atom. The minimum absolute atomic E-state index is 0.0405. The van der Waals surface area contributed by atoms with E-state index in [-0.39, 0.29) is 17.6 Å². The van der Waals surface area contributed by atoms with Gasteiger partial charge in [-0.3, -0.25) is 0 Å². The summed E-state index contributed by atoms with van der Waals surface area (Å²) in [5.41, 5.74) is 4.07. The Bertz CT molecular complexity index is 750. The SMILES string of the molecule is C=C(C)C1CCC(C)=CC1c1c(O)cc(CCCC)cc1OC(=O)N(C)CC. The van der Waals surface area contributed by atoms with Gasteiger partial charge in [0.1, 0.15) is 11.5 Å². The molecule has 28 heavy (non-hydrogen) atoms. The number of nitrogens with zero attached hydrogens (tertiary/aromatic N) is 1. The van der Waals surface area contributed by atoms with Gasteiger partial charge in [-0.15, -0.1) is 0 Å². The molecule has 0 saturated heterocycles. The number of rotatable bonds is 7. The monoisotopic (exact) mass is 385 g/mol. The van der Waals surface area contributed by atoms with E-state index in [0.717, 1.165) is 43.2 Å². The Hall–Kier alpha value is -2.23. The van der Waals surface area contributed by atoms with Crippen LogP contribution in [0.3, 0.4) is 0 Å². The molecule has 0 heterocycles. The van der Waals surface area contributed by atoms with Crippen molar-refractivity contribution in [1.82, 2.24) is 4.90 Å². The number of phenols is 1. The largest absolute Gasteiger partial charge is 0.507 e. The second-order valence-corrected chi connectivity index (χ2v) is 8.04. The fraction of sp³-hybridized carbons (Fsp3) is 0.542. The van der Waals surface area contributed by atoms with Gasteiger partial charge < -0.3 is 14.7 Å². The molecule has 1 N–H and O–H groups in total. The molecule has 0 radical (unpaired) electrons. The molecule has 0 aliphatic heterocycles. The molecule has 1 aromatic rings. The molecule has 4 heteroatoms. The summed E-state index contributed by atoms with van der Waals surface area (Å²) in [6.07, 6.45) is 6.75. The summed E-state index contributed by atoms with van der Waals surface area (Å²) in [5.74, 6) is 0.856. The molecular weight excluding hydrogens is 350 g/mol. The molecule has 4 nitrogen and oxygen atoms in total. The van der Waals surface area contributed by atoms with Crippen molar-refractivity contribution in [3.05, 3.63) is 47.1 Å². The van der Waals surface area contributed by atoms with Crippen LogP contribution in [0.4, 0.5) is 4.79 Å². The minimum atomic E-state index is -0.404. The summed E-state index contributed by atoms with van der Waals surface area (Å²) < 4.78 is 5.78. The van der Waals surface area contributed by atoms with Crippen LogP contribution in [0.2, 0.25) is 0 Å². The molecule has 1 aliphatic carbocycles. The lowest BCUT2D eigenvalue weighted by Crippen LogP contribution is -2.30. The first-order valence-corrected chi connectivity index (χ1v) is 10.4. The predicted octanol–water partition coefficient (Wildman–Crippen LogP) is 6.20. The summed E-state index contributed by atoms with van der Waals surface area (Å²) in [5, 5.41) is 11.0. The summed E-state index contributed by atoms with van der Waals surface area (Å²) >= 11 is 0. The third kappa shape index (κ3) is 5.18. The summed E-state index contributed by atoms with van der Waals surface area (Å²) in [4.78, 5) is 14.0. The first kappa shape index (κ1) is 22.1. The lowest BCUT2D eigenvalue weighted by atomic mass is 9.73. The van der Waals surface area contributed by atoms with Crippen molar-refractivity contribution in [2.45, 2.75) is 65.7 Å². The van der Waals surface area contributed by atoms with E-state index in [9.17, 15) is 9.90 Å². The van der Waals surface area contributed by atoms with E-state index in [1.54, 1.807) is 7.05 Å². The van der Waals surface area contributed by atoms with E-state index >= 15 is 0 Å². The fourth-order valence-corrected chi connectivity index (χ4v) is 3.82. The van der Waals surface area contributed by atoms with Crippen molar-refractivity contribution in [2.24, 2.45) is 5.92 Å². The average molecular weight is 386 g/mol. The first-order valence-electron chi connectivity index (χ1n) is 10.4. The van der Waals surface area contributed by atoms with Gasteiger partial charge in [0.05, 0.1) is 0 Å². The molecule has 154 valence electrons. The topological polar surface area (TPSA) is 49.8 Å². The highest BCUT2D eigenvalue weighted by atomic mass is 16.6.